The van der Waals surface area contributed by atoms with Gasteiger partial charge in [-0.3, -0.25) is 9.36 Å². The third kappa shape index (κ3) is 4.78. The zero-order valence-corrected chi connectivity index (χ0v) is 18.1. The summed E-state index contributed by atoms with van der Waals surface area (Å²) in [5, 5.41) is 4.08. The van der Waals surface area contributed by atoms with Crippen LogP contribution in [0.3, 0.4) is 0 Å². The minimum Gasteiger partial charge on any atom is -0.368 e. The monoisotopic (exact) mass is 414 g/mol. The molecule has 0 fully saturated rings. The van der Waals surface area contributed by atoms with E-state index in [1.54, 1.807) is 19.9 Å². The lowest BCUT2D eigenvalue weighted by Gasteiger charge is -2.28. The van der Waals surface area contributed by atoms with Crippen molar-refractivity contribution in [3.8, 4) is 0 Å². The molecule has 1 unspecified atom stereocenters. The van der Waals surface area contributed by atoms with E-state index in [4.69, 9.17) is 9.05 Å². The van der Waals surface area contributed by atoms with Gasteiger partial charge in [-0.15, -0.1) is 0 Å². The number of hydrogen-bond donors (Lipinski definition) is 2. The van der Waals surface area contributed by atoms with Crippen LogP contribution < -0.4 is 10.9 Å². The van der Waals surface area contributed by atoms with Crippen LogP contribution in [0.4, 0.5) is 5.69 Å². The van der Waals surface area contributed by atoms with Gasteiger partial charge < -0.3 is 19.3 Å². The number of pyridine rings is 1. The van der Waals surface area contributed by atoms with Gasteiger partial charge in [-0.2, -0.15) is 0 Å². The van der Waals surface area contributed by atoms with Gasteiger partial charge in [0, 0.05) is 11.2 Å². The van der Waals surface area contributed by atoms with Crippen LogP contribution in [0.1, 0.15) is 36.3 Å². The van der Waals surface area contributed by atoms with Crippen molar-refractivity contribution in [2.45, 2.75) is 33.5 Å². The van der Waals surface area contributed by atoms with E-state index in [1.807, 2.05) is 56.3 Å². The van der Waals surface area contributed by atoms with Crippen molar-refractivity contribution in [3.05, 3.63) is 75.6 Å². The zero-order valence-electron chi connectivity index (χ0n) is 17.2. The molecule has 0 saturated carbocycles. The fourth-order valence-corrected chi connectivity index (χ4v) is 5.16. The topological polar surface area (TPSA) is 80.4 Å². The Hall–Kier alpha value is -2.40. The Labute approximate surface area is 170 Å². The molecule has 1 aromatic heterocycles. The molecule has 3 rings (SSSR count). The molecule has 0 bridgehead atoms. The quantitative estimate of drug-likeness (QED) is 0.474. The van der Waals surface area contributed by atoms with Gasteiger partial charge in [0.1, 0.15) is 0 Å². The lowest BCUT2D eigenvalue weighted by atomic mass is 10.1. The average Bonchev–Trinajstić information content (AvgIpc) is 2.68. The first-order valence-corrected chi connectivity index (χ1v) is 11.3. The summed E-state index contributed by atoms with van der Waals surface area (Å²) in [5.41, 5.74) is 3.60. The molecule has 0 radical (unpaired) electrons. The normalized spacial score (nSPS) is 12.8. The van der Waals surface area contributed by atoms with Crippen LogP contribution in [0.25, 0.3) is 10.9 Å². The molecule has 1 atom stereocenters. The van der Waals surface area contributed by atoms with Gasteiger partial charge in [0.15, 0.2) is 5.78 Å². The highest BCUT2D eigenvalue weighted by atomic mass is 31.2. The van der Waals surface area contributed by atoms with Gasteiger partial charge in [0.2, 0.25) is 0 Å². The molecule has 154 valence electrons. The predicted octanol–water partition coefficient (Wildman–Crippen LogP) is 5.52. The first kappa shape index (κ1) is 21.3. The van der Waals surface area contributed by atoms with E-state index in [2.05, 4.69) is 10.3 Å². The molecule has 2 N–H and O–H groups in total. The number of benzene rings is 2. The van der Waals surface area contributed by atoms with E-state index in [-0.39, 0.29) is 18.8 Å². The molecule has 3 aromatic rings. The molecule has 0 aliphatic heterocycles. The maximum atomic E-state index is 13.7. The van der Waals surface area contributed by atoms with Gasteiger partial charge in [-0.05, 0) is 63.4 Å². The number of nitrogens with one attached hydrogen (secondary N) is 2. The number of hydrogen-bond acceptors (Lipinski definition) is 5. The van der Waals surface area contributed by atoms with Crippen LogP contribution in [-0.4, -0.2) is 18.2 Å². The van der Waals surface area contributed by atoms with Gasteiger partial charge >= 0.3 is 7.60 Å². The molecule has 2 aromatic carbocycles. The molecule has 0 spiro atoms. The number of anilines is 1. The summed E-state index contributed by atoms with van der Waals surface area (Å²) in [6.07, 6.45) is 0. The summed E-state index contributed by atoms with van der Waals surface area (Å²) in [6.45, 7) is 7.88. The lowest BCUT2D eigenvalue weighted by molar-refractivity contribution is 0.214. The van der Waals surface area contributed by atoms with Gasteiger partial charge in [-0.25, -0.2) is 0 Å². The van der Waals surface area contributed by atoms with Crippen LogP contribution in [0.15, 0.2) is 53.3 Å². The number of aromatic nitrogens is 1. The number of aryl methyl sites for hydroxylation is 2. The molecule has 1 heterocycles. The second-order valence-corrected chi connectivity index (χ2v) is 9.05. The summed E-state index contributed by atoms with van der Waals surface area (Å²) in [5.74, 6) is -0.946. The Balaban J connectivity index is 2.17. The van der Waals surface area contributed by atoms with Gasteiger partial charge in [0.05, 0.1) is 18.8 Å². The fourth-order valence-electron chi connectivity index (χ4n) is 3.23. The van der Waals surface area contributed by atoms with E-state index in [1.165, 1.54) is 0 Å². The van der Waals surface area contributed by atoms with E-state index >= 15 is 0 Å². The Morgan fingerprint density at radius 2 is 1.59 bits per heavy atom. The molecule has 0 aliphatic rings. The minimum atomic E-state index is -3.68. The predicted molar refractivity (Wildman–Crippen MR) is 118 cm³/mol. The Morgan fingerprint density at radius 3 is 2.21 bits per heavy atom. The molecule has 0 saturated heterocycles. The first-order valence-electron chi connectivity index (χ1n) is 9.72. The lowest BCUT2D eigenvalue weighted by Crippen LogP contribution is -2.23. The van der Waals surface area contributed by atoms with Crippen molar-refractivity contribution in [2.24, 2.45) is 0 Å². The van der Waals surface area contributed by atoms with Crippen molar-refractivity contribution < 1.29 is 13.6 Å². The summed E-state index contributed by atoms with van der Waals surface area (Å²) in [4.78, 5) is 15.8. The smallest absolute Gasteiger partial charge is 0.357 e. The van der Waals surface area contributed by atoms with E-state index < -0.39 is 13.4 Å². The van der Waals surface area contributed by atoms with Crippen molar-refractivity contribution in [1.82, 2.24) is 4.98 Å². The standard InChI is InChI=1S/C22H27N2O4P/c1-5-27-29(26,28-6-2)22(23-18-10-7-15(3)8-11-18)19-14-17-13-16(4)9-12-20(17)24-21(19)25/h7-14,22-23H,5-6H2,1-4H3,(H,24,25). The Bertz CT molecular complexity index is 1080. The molecule has 6 nitrogen and oxygen atoms in total. The summed E-state index contributed by atoms with van der Waals surface area (Å²) in [6, 6.07) is 15.2. The van der Waals surface area contributed by atoms with E-state index in [0.29, 0.717) is 5.56 Å². The summed E-state index contributed by atoms with van der Waals surface area (Å²) < 4.78 is 24.9. The molecular weight excluding hydrogens is 387 g/mol. The number of rotatable bonds is 8. The average molecular weight is 414 g/mol. The third-order valence-corrected chi connectivity index (χ3v) is 6.89. The highest BCUT2D eigenvalue weighted by Crippen LogP contribution is 2.60. The largest absolute Gasteiger partial charge is 0.368 e. The Morgan fingerprint density at radius 1 is 0.966 bits per heavy atom. The van der Waals surface area contributed by atoms with Crippen molar-refractivity contribution >= 4 is 24.2 Å². The van der Waals surface area contributed by atoms with Gasteiger partial charge in [-0.1, -0.05) is 29.3 Å². The number of aromatic amines is 1. The van der Waals surface area contributed by atoms with E-state index in [0.717, 1.165) is 27.7 Å². The van der Waals surface area contributed by atoms with Crippen LogP contribution in [0.5, 0.6) is 0 Å². The van der Waals surface area contributed by atoms with Crippen molar-refractivity contribution in [3.63, 3.8) is 0 Å². The highest BCUT2D eigenvalue weighted by molar-refractivity contribution is 7.54. The zero-order chi connectivity index (χ0) is 21.0. The van der Waals surface area contributed by atoms with Crippen LogP contribution >= 0.6 is 7.60 Å². The summed E-state index contributed by atoms with van der Waals surface area (Å²) >= 11 is 0. The summed E-state index contributed by atoms with van der Waals surface area (Å²) in [7, 11) is -3.68. The maximum Gasteiger partial charge on any atom is 0.357 e. The molecule has 0 amide bonds. The molecule has 7 heteroatoms. The van der Waals surface area contributed by atoms with Crippen molar-refractivity contribution in [1.29, 1.82) is 0 Å². The van der Waals surface area contributed by atoms with Crippen LogP contribution in [-0.2, 0) is 13.6 Å². The molecule has 29 heavy (non-hydrogen) atoms. The second kappa shape index (κ2) is 8.95. The van der Waals surface area contributed by atoms with Crippen molar-refractivity contribution in [2.75, 3.05) is 18.5 Å². The first-order chi connectivity index (χ1) is 13.9. The SMILES string of the molecule is CCOP(=O)(OCC)C(Nc1ccc(C)cc1)c1cc2cc(C)ccc2[nH]c1=O. The number of fused-ring (bicyclic) bond motifs is 1. The third-order valence-electron chi connectivity index (χ3n) is 4.61. The molecular formula is C22H27N2O4P. The Kier molecular flexibility index (Phi) is 6.58. The molecule has 0 aliphatic carbocycles. The van der Waals surface area contributed by atoms with Crippen LogP contribution in [0, 0.1) is 13.8 Å². The maximum absolute atomic E-state index is 13.7. The van der Waals surface area contributed by atoms with E-state index in [9.17, 15) is 9.36 Å². The number of H-pyrrole nitrogens is 1. The second-order valence-electron chi connectivity index (χ2n) is 6.93. The minimum absolute atomic E-state index is 0.202. The van der Waals surface area contributed by atoms with Gasteiger partial charge in [0.25, 0.3) is 5.56 Å². The van der Waals surface area contributed by atoms with Crippen LogP contribution in [0.2, 0.25) is 0 Å². The fraction of sp³-hybridized carbons (Fsp3) is 0.318. The highest BCUT2D eigenvalue weighted by Gasteiger charge is 2.39.